The highest BCUT2D eigenvalue weighted by Crippen LogP contribution is 2.38. The molecule has 27 heavy (non-hydrogen) atoms. The molecular formula is C19H17Cl2N5O. The Balaban J connectivity index is 1.75. The van der Waals surface area contributed by atoms with Crippen LogP contribution in [0.5, 0.6) is 0 Å². The molecule has 2 N–H and O–H groups in total. The molecule has 1 aromatic heterocycles. The molecule has 2 aromatic carbocycles. The number of hydrogen-bond acceptors (Lipinski definition) is 4. The lowest BCUT2D eigenvalue weighted by molar-refractivity contribution is -0.121. The van der Waals surface area contributed by atoms with Crippen LogP contribution in [0.2, 0.25) is 10.0 Å². The molecule has 8 heteroatoms. The number of halogens is 2. The second kappa shape index (κ2) is 7.21. The summed E-state index contributed by atoms with van der Waals surface area (Å²) in [5, 5.41) is 11.5. The van der Waals surface area contributed by atoms with Gasteiger partial charge in [-0.2, -0.15) is 10.1 Å². The summed E-state index contributed by atoms with van der Waals surface area (Å²) >= 11 is 12.3. The monoisotopic (exact) mass is 401 g/mol. The Kier molecular flexibility index (Phi) is 4.76. The highest BCUT2D eigenvalue weighted by Gasteiger charge is 2.41. The van der Waals surface area contributed by atoms with Crippen LogP contribution < -0.4 is 10.6 Å². The number of amides is 1. The van der Waals surface area contributed by atoms with Crippen LogP contribution in [0, 0.1) is 5.92 Å². The topological polar surface area (TPSA) is 71.8 Å². The lowest BCUT2D eigenvalue weighted by atomic mass is 9.85. The van der Waals surface area contributed by atoms with Crippen LogP contribution in [0.25, 0.3) is 0 Å². The fraction of sp³-hybridized carbons (Fsp3) is 0.211. The predicted molar refractivity (Wildman–Crippen MR) is 106 cm³/mol. The minimum absolute atomic E-state index is 0.113. The SMILES string of the molecule is C[C@@H]1Nc2ncnn2[C@H](c2ccc(Cl)c(Cl)c2)[C@@H]1C(=O)Nc1ccccc1. The first kappa shape index (κ1) is 17.8. The van der Waals surface area contributed by atoms with Crippen LogP contribution >= 0.6 is 23.2 Å². The zero-order chi connectivity index (χ0) is 19.0. The second-order valence-corrected chi connectivity index (χ2v) is 7.28. The van der Waals surface area contributed by atoms with E-state index in [-0.39, 0.29) is 18.0 Å². The fourth-order valence-corrected chi connectivity index (χ4v) is 3.74. The van der Waals surface area contributed by atoms with Crippen LogP contribution in [0.15, 0.2) is 54.9 Å². The number of fused-ring (bicyclic) bond motifs is 1. The van der Waals surface area contributed by atoms with E-state index in [0.29, 0.717) is 16.0 Å². The van der Waals surface area contributed by atoms with Gasteiger partial charge in [-0.3, -0.25) is 4.79 Å². The normalized spacial score (nSPS) is 21.2. The average Bonchev–Trinajstić information content (AvgIpc) is 3.11. The van der Waals surface area contributed by atoms with Gasteiger partial charge in [-0.1, -0.05) is 47.5 Å². The van der Waals surface area contributed by atoms with Crippen LogP contribution in [0.1, 0.15) is 18.5 Å². The van der Waals surface area contributed by atoms with Gasteiger partial charge in [-0.25, -0.2) is 4.68 Å². The third-order valence-corrected chi connectivity index (χ3v) is 5.44. The van der Waals surface area contributed by atoms with E-state index >= 15 is 0 Å². The van der Waals surface area contributed by atoms with E-state index in [1.165, 1.54) is 6.33 Å². The molecule has 0 aliphatic carbocycles. The van der Waals surface area contributed by atoms with Gasteiger partial charge in [0.2, 0.25) is 11.9 Å². The Bertz CT molecular complexity index is 975. The smallest absolute Gasteiger partial charge is 0.232 e. The number of carbonyl (C=O) groups excluding carboxylic acids is 1. The number of aromatic nitrogens is 3. The van der Waals surface area contributed by atoms with Crippen molar-refractivity contribution in [2.24, 2.45) is 5.92 Å². The lowest BCUT2D eigenvalue weighted by Gasteiger charge is -2.37. The summed E-state index contributed by atoms with van der Waals surface area (Å²) in [6.07, 6.45) is 1.47. The summed E-state index contributed by atoms with van der Waals surface area (Å²) in [7, 11) is 0. The molecule has 2 heterocycles. The molecule has 6 nitrogen and oxygen atoms in total. The zero-order valence-corrected chi connectivity index (χ0v) is 15.9. The molecule has 1 amide bonds. The Hall–Kier alpha value is -2.57. The first-order valence-electron chi connectivity index (χ1n) is 8.51. The van der Waals surface area contributed by atoms with Gasteiger partial charge in [-0.05, 0) is 36.8 Å². The summed E-state index contributed by atoms with van der Waals surface area (Å²) in [6, 6.07) is 14.2. The number of benzene rings is 2. The van der Waals surface area contributed by atoms with Crippen LogP contribution in [-0.2, 0) is 4.79 Å². The Morgan fingerprint density at radius 1 is 1.15 bits per heavy atom. The molecule has 138 valence electrons. The molecule has 0 spiro atoms. The van der Waals surface area contributed by atoms with Gasteiger partial charge in [0.15, 0.2) is 0 Å². The van der Waals surface area contributed by atoms with E-state index in [1.807, 2.05) is 43.3 Å². The largest absolute Gasteiger partial charge is 0.351 e. The van der Waals surface area contributed by atoms with Crippen molar-refractivity contribution in [2.75, 3.05) is 10.6 Å². The molecule has 3 atom stereocenters. The molecule has 4 rings (SSSR count). The molecule has 1 aliphatic rings. The van der Waals surface area contributed by atoms with Gasteiger partial charge in [0, 0.05) is 11.7 Å². The maximum Gasteiger partial charge on any atom is 0.232 e. The molecule has 0 saturated carbocycles. The highest BCUT2D eigenvalue weighted by atomic mass is 35.5. The molecule has 0 saturated heterocycles. The molecule has 0 bridgehead atoms. The van der Waals surface area contributed by atoms with E-state index in [9.17, 15) is 4.79 Å². The Morgan fingerprint density at radius 2 is 1.93 bits per heavy atom. The minimum Gasteiger partial charge on any atom is -0.351 e. The molecular weight excluding hydrogens is 385 g/mol. The van der Waals surface area contributed by atoms with Gasteiger partial charge in [0.05, 0.1) is 22.0 Å². The summed E-state index contributed by atoms with van der Waals surface area (Å²) in [6.45, 7) is 1.96. The van der Waals surface area contributed by atoms with E-state index in [2.05, 4.69) is 20.7 Å². The summed E-state index contributed by atoms with van der Waals surface area (Å²) in [5.74, 6) is 0.0670. The van der Waals surface area contributed by atoms with Crippen LogP contribution in [0.3, 0.4) is 0 Å². The lowest BCUT2D eigenvalue weighted by Crippen LogP contribution is -2.46. The molecule has 0 fully saturated rings. The number of hydrogen-bond donors (Lipinski definition) is 2. The van der Waals surface area contributed by atoms with Crippen molar-refractivity contribution in [3.63, 3.8) is 0 Å². The van der Waals surface area contributed by atoms with Crippen molar-refractivity contribution in [3.05, 3.63) is 70.5 Å². The van der Waals surface area contributed by atoms with Crippen molar-refractivity contribution in [2.45, 2.75) is 19.0 Å². The van der Waals surface area contributed by atoms with Gasteiger partial charge >= 0.3 is 0 Å². The van der Waals surface area contributed by atoms with Gasteiger partial charge < -0.3 is 10.6 Å². The molecule has 1 aliphatic heterocycles. The highest BCUT2D eigenvalue weighted by molar-refractivity contribution is 6.42. The van der Waals surface area contributed by atoms with Crippen molar-refractivity contribution < 1.29 is 4.79 Å². The van der Waals surface area contributed by atoms with E-state index in [0.717, 1.165) is 11.3 Å². The second-order valence-electron chi connectivity index (χ2n) is 6.46. The predicted octanol–water partition coefficient (Wildman–Crippen LogP) is 4.24. The fourth-order valence-electron chi connectivity index (χ4n) is 3.44. The first-order chi connectivity index (χ1) is 13.0. The Labute approximate surface area is 166 Å². The van der Waals surface area contributed by atoms with Gasteiger partial charge in [0.25, 0.3) is 0 Å². The molecule has 0 unspecified atom stereocenters. The van der Waals surface area contributed by atoms with Gasteiger partial charge in [-0.15, -0.1) is 0 Å². The van der Waals surface area contributed by atoms with Gasteiger partial charge in [0.1, 0.15) is 6.33 Å². The molecule has 3 aromatic rings. The van der Waals surface area contributed by atoms with E-state index in [1.54, 1.807) is 16.8 Å². The number of anilines is 2. The van der Waals surface area contributed by atoms with Crippen LogP contribution in [-0.4, -0.2) is 26.7 Å². The zero-order valence-electron chi connectivity index (χ0n) is 14.4. The average molecular weight is 402 g/mol. The number of rotatable bonds is 3. The third-order valence-electron chi connectivity index (χ3n) is 4.70. The molecule has 0 radical (unpaired) electrons. The number of nitrogens with zero attached hydrogens (tertiary/aromatic N) is 3. The summed E-state index contributed by atoms with van der Waals surface area (Å²) in [4.78, 5) is 17.4. The standard InChI is InChI=1S/C19H17Cl2N5O/c1-11-16(18(27)25-13-5-3-2-4-6-13)17(26-19(24-11)22-10-23-26)12-7-8-14(20)15(21)9-12/h2-11,16-17H,1H3,(H,25,27)(H,22,23,24)/t11-,16+,17+/m0/s1. The maximum absolute atomic E-state index is 13.2. The first-order valence-corrected chi connectivity index (χ1v) is 9.27. The Morgan fingerprint density at radius 3 is 2.67 bits per heavy atom. The van der Waals surface area contributed by atoms with E-state index < -0.39 is 5.92 Å². The maximum atomic E-state index is 13.2. The number of nitrogens with one attached hydrogen (secondary N) is 2. The van der Waals surface area contributed by atoms with Crippen molar-refractivity contribution in [3.8, 4) is 0 Å². The third kappa shape index (κ3) is 3.38. The van der Waals surface area contributed by atoms with Crippen molar-refractivity contribution in [1.29, 1.82) is 0 Å². The van der Waals surface area contributed by atoms with Crippen molar-refractivity contribution in [1.82, 2.24) is 14.8 Å². The quantitative estimate of drug-likeness (QED) is 0.688. The summed E-state index contributed by atoms with van der Waals surface area (Å²) in [5.41, 5.74) is 1.59. The number of para-hydroxylation sites is 1. The minimum atomic E-state index is -0.434. The van der Waals surface area contributed by atoms with E-state index in [4.69, 9.17) is 23.2 Å². The number of carbonyl (C=O) groups is 1. The van der Waals surface area contributed by atoms with Crippen molar-refractivity contribution >= 4 is 40.7 Å². The summed E-state index contributed by atoms with van der Waals surface area (Å²) < 4.78 is 1.72. The van der Waals surface area contributed by atoms with Crippen LogP contribution in [0.4, 0.5) is 11.6 Å².